The van der Waals surface area contributed by atoms with Crippen molar-refractivity contribution in [3.05, 3.63) is 59.7 Å². The van der Waals surface area contributed by atoms with Gasteiger partial charge in [-0.1, -0.05) is 63.7 Å². The second-order valence-electron chi connectivity index (χ2n) is 8.28. The van der Waals surface area contributed by atoms with Crippen LogP contribution in [0.2, 0.25) is 0 Å². The summed E-state index contributed by atoms with van der Waals surface area (Å²) >= 11 is 1.32. The predicted molar refractivity (Wildman–Crippen MR) is 132 cm³/mol. The first-order valence-electron chi connectivity index (χ1n) is 11.1. The van der Waals surface area contributed by atoms with Crippen molar-refractivity contribution in [3.63, 3.8) is 0 Å². The summed E-state index contributed by atoms with van der Waals surface area (Å²) in [5, 5.41) is 3.12. The number of carbonyl (C=O) groups excluding carboxylic acids is 2. The summed E-state index contributed by atoms with van der Waals surface area (Å²) < 4.78 is 0. The van der Waals surface area contributed by atoms with Crippen LogP contribution < -0.4 is 5.32 Å². The maximum atomic E-state index is 13.2. The Morgan fingerprint density at radius 3 is 2.50 bits per heavy atom. The van der Waals surface area contributed by atoms with E-state index < -0.39 is 11.3 Å². The van der Waals surface area contributed by atoms with Gasteiger partial charge < -0.3 is 5.32 Å². The molecule has 0 bridgehead atoms. The van der Waals surface area contributed by atoms with E-state index in [1.54, 1.807) is 4.90 Å². The second-order valence-corrected chi connectivity index (χ2v) is 9.45. The molecule has 7 heteroatoms. The zero-order chi connectivity index (χ0) is 22.8. The van der Waals surface area contributed by atoms with Crippen molar-refractivity contribution in [2.75, 3.05) is 5.32 Å². The topological polar surface area (TPSA) is 74.1 Å². The van der Waals surface area contributed by atoms with E-state index in [9.17, 15) is 9.59 Å². The first kappa shape index (κ1) is 22.3. The molecule has 0 aromatic heterocycles. The van der Waals surface area contributed by atoms with Crippen molar-refractivity contribution in [1.29, 1.82) is 0 Å². The molecule has 0 fully saturated rings. The highest BCUT2D eigenvalue weighted by atomic mass is 32.2. The average molecular weight is 449 g/mol. The number of para-hydroxylation sites is 1. The maximum Gasteiger partial charge on any atom is 0.259 e. The fourth-order valence-corrected chi connectivity index (χ4v) is 4.80. The Morgan fingerprint density at radius 1 is 1.12 bits per heavy atom. The van der Waals surface area contributed by atoms with Crippen LogP contribution >= 0.6 is 11.8 Å². The van der Waals surface area contributed by atoms with E-state index in [4.69, 9.17) is 9.98 Å². The summed E-state index contributed by atoms with van der Waals surface area (Å²) in [7, 11) is 0. The monoisotopic (exact) mass is 448 g/mol. The van der Waals surface area contributed by atoms with Gasteiger partial charge in [0.15, 0.2) is 5.17 Å². The number of amidine groups is 2. The third-order valence-corrected chi connectivity index (χ3v) is 6.99. The Morgan fingerprint density at radius 2 is 1.84 bits per heavy atom. The molecular weight excluding hydrogens is 420 g/mol. The molecule has 2 unspecified atom stereocenters. The van der Waals surface area contributed by atoms with Gasteiger partial charge in [0.1, 0.15) is 11.9 Å². The lowest BCUT2D eigenvalue weighted by molar-refractivity contribution is -0.125. The number of nitrogens with zero attached hydrogens (tertiary/aromatic N) is 3. The van der Waals surface area contributed by atoms with Crippen molar-refractivity contribution in [3.8, 4) is 0 Å². The summed E-state index contributed by atoms with van der Waals surface area (Å²) in [6.07, 6.45) is 1.56. The molecule has 1 N–H and O–H groups in total. The molecule has 166 valence electrons. The summed E-state index contributed by atoms with van der Waals surface area (Å²) in [6, 6.07) is 15.1. The molecule has 0 radical (unpaired) electrons. The molecule has 0 spiro atoms. The minimum absolute atomic E-state index is 0.0791. The molecule has 0 saturated heterocycles. The Bertz CT molecular complexity index is 1090. The van der Waals surface area contributed by atoms with Gasteiger partial charge in [-0.05, 0) is 48.6 Å². The van der Waals surface area contributed by atoms with E-state index in [1.165, 1.54) is 17.3 Å². The Hall–Kier alpha value is -2.93. The molecule has 2 aliphatic rings. The van der Waals surface area contributed by atoms with Gasteiger partial charge >= 0.3 is 0 Å². The summed E-state index contributed by atoms with van der Waals surface area (Å²) in [5.74, 6) is 0.526. The molecule has 0 aliphatic carbocycles. The normalized spacial score (nSPS) is 18.1. The van der Waals surface area contributed by atoms with E-state index in [2.05, 4.69) is 12.2 Å². The zero-order valence-corrected chi connectivity index (χ0v) is 19.6. The van der Waals surface area contributed by atoms with Gasteiger partial charge in [0, 0.05) is 11.3 Å². The molecule has 32 heavy (non-hydrogen) atoms. The van der Waals surface area contributed by atoms with Crippen LogP contribution in [0, 0.1) is 5.92 Å². The van der Waals surface area contributed by atoms with Crippen LogP contribution in [-0.2, 0) is 16.0 Å². The van der Waals surface area contributed by atoms with Gasteiger partial charge in [0.25, 0.3) is 5.91 Å². The third-order valence-electron chi connectivity index (χ3n) is 5.67. The lowest BCUT2D eigenvalue weighted by Gasteiger charge is -2.27. The lowest BCUT2D eigenvalue weighted by atomic mass is 10.1. The Kier molecular flexibility index (Phi) is 6.46. The van der Waals surface area contributed by atoms with Gasteiger partial charge in [-0.2, -0.15) is 0 Å². The van der Waals surface area contributed by atoms with Gasteiger partial charge in [0.2, 0.25) is 5.91 Å². The highest BCUT2D eigenvalue weighted by molar-refractivity contribution is 8.15. The molecule has 2 heterocycles. The summed E-state index contributed by atoms with van der Waals surface area (Å²) in [6.45, 7) is 8.05. The van der Waals surface area contributed by atoms with Crippen LogP contribution in [0.4, 0.5) is 11.4 Å². The third kappa shape index (κ3) is 4.21. The standard InChI is InChI=1S/C25H28N4O2S/c1-5-16-11-13-17(14-12-16)26-23(30)20(6-2)32-25-27-19-10-8-7-9-18(19)22-28-21(15(3)4)24(31)29(22)25/h7-15,20-21H,5-6H2,1-4H3,(H,26,30). The van der Waals surface area contributed by atoms with Gasteiger partial charge in [-0.25, -0.2) is 9.89 Å². The molecular formula is C25H28N4O2S. The Balaban J connectivity index is 1.60. The van der Waals surface area contributed by atoms with Crippen LogP contribution in [-0.4, -0.2) is 39.0 Å². The molecule has 2 aliphatic heterocycles. The number of benzene rings is 2. The second kappa shape index (κ2) is 9.28. The van der Waals surface area contributed by atoms with Crippen LogP contribution in [0.25, 0.3) is 0 Å². The van der Waals surface area contributed by atoms with E-state index in [1.807, 2.05) is 69.3 Å². The molecule has 6 nitrogen and oxygen atoms in total. The fourth-order valence-electron chi connectivity index (χ4n) is 3.78. The summed E-state index contributed by atoms with van der Waals surface area (Å²) in [5.41, 5.74) is 3.61. The smallest absolute Gasteiger partial charge is 0.259 e. The zero-order valence-electron chi connectivity index (χ0n) is 18.8. The molecule has 2 aromatic rings. The molecule has 2 amide bonds. The number of aryl methyl sites for hydroxylation is 1. The number of rotatable bonds is 6. The van der Waals surface area contributed by atoms with Gasteiger partial charge in [0.05, 0.1) is 10.9 Å². The fraction of sp³-hybridized carbons (Fsp3) is 0.360. The quantitative estimate of drug-likeness (QED) is 0.675. The van der Waals surface area contributed by atoms with Crippen molar-refractivity contribution >= 4 is 46.0 Å². The largest absolute Gasteiger partial charge is 0.325 e. The molecule has 2 atom stereocenters. The number of carbonyl (C=O) groups is 2. The number of hydrogen-bond donors (Lipinski definition) is 1. The first-order chi connectivity index (χ1) is 15.4. The average Bonchev–Trinajstić information content (AvgIpc) is 3.16. The van der Waals surface area contributed by atoms with Crippen molar-refractivity contribution in [1.82, 2.24) is 4.90 Å². The minimum atomic E-state index is -0.437. The number of amides is 2. The van der Waals surface area contributed by atoms with Gasteiger partial charge in [-0.3, -0.25) is 14.6 Å². The predicted octanol–water partition coefficient (Wildman–Crippen LogP) is 5.01. The van der Waals surface area contributed by atoms with Crippen LogP contribution in [0.5, 0.6) is 0 Å². The summed E-state index contributed by atoms with van der Waals surface area (Å²) in [4.78, 5) is 37.4. The Labute approximate surface area is 193 Å². The lowest BCUT2D eigenvalue weighted by Crippen LogP contribution is -2.43. The molecule has 2 aromatic carbocycles. The molecule has 0 saturated carbocycles. The van der Waals surface area contributed by atoms with E-state index in [0.29, 0.717) is 17.4 Å². The van der Waals surface area contributed by atoms with Gasteiger partial charge in [-0.15, -0.1) is 0 Å². The number of thioether (sulfide) groups is 1. The van der Waals surface area contributed by atoms with Crippen LogP contribution in [0.15, 0.2) is 58.5 Å². The number of anilines is 1. The highest BCUT2D eigenvalue weighted by Gasteiger charge is 2.43. The van der Waals surface area contributed by atoms with E-state index in [-0.39, 0.29) is 17.7 Å². The number of hydrogen-bond acceptors (Lipinski definition) is 5. The van der Waals surface area contributed by atoms with E-state index >= 15 is 0 Å². The van der Waals surface area contributed by atoms with E-state index in [0.717, 1.165) is 23.4 Å². The molecule has 4 rings (SSSR count). The van der Waals surface area contributed by atoms with Crippen LogP contribution in [0.1, 0.15) is 45.2 Å². The number of fused-ring (bicyclic) bond motifs is 3. The maximum absolute atomic E-state index is 13.2. The number of nitrogens with one attached hydrogen (secondary N) is 1. The van der Waals surface area contributed by atoms with Crippen molar-refractivity contribution in [2.24, 2.45) is 15.9 Å². The minimum Gasteiger partial charge on any atom is -0.325 e. The SMILES string of the molecule is CCc1ccc(NC(=O)C(CC)SC2=Nc3ccccc3C3=NC(C(C)C)C(=O)N23)cc1. The van der Waals surface area contributed by atoms with Crippen molar-refractivity contribution < 1.29 is 9.59 Å². The first-order valence-corrected chi connectivity index (χ1v) is 12.0. The number of aliphatic imine (C=N–C) groups is 2. The van der Waals surface area contributed by atoms with Crippen molar-refractivity contribution in [2.45, 2.75) is 51.8 Å². The highest BCUT2D eigenvalue weighted by Crippen LogP contribution is 2.36. The van der Waals surface area contributed by atoms with Crippen LogP contribution in [0.3, 0.4) is 0 Å².